The van der Waals surface area contributed by atoms with Gasteiger partial charge in [-0.2, -0.15) is 4.98 Å². The van der Waals surface area contributed by atoms with Crippen molar-refractivity contribution < 1.29 is 32.6 Å². The maximum absolute atomic E-state index is 13.5. The quantitative estimate of drug-likeness (QED) is 0.109. The first-order chi connectivity index (χ1) is 18.8. The molecule has 0 unspecified atom stereocenters. The fourth-order valence-electron chi connectivity index (χ4n) is 3.62. The van der Waals surface area contributed by atoms with Gasteiger partial charge >= 0.3 is 0 Å². The zero-order valence-electron chi connectivity index (χ0n) is 23.7. The van der Waals surface area contributed by atoms with Crippen LogP contribution in [0.3, 0.4) is 0 Å². The molecule has 0 saturated heterocycles. The van der Waals surface area contributed by atoms with Gasteiger partial charge in [-0.1, -0.05) is 58.8 Å². The number of hydrogen-bond acceptors (Lipinski definition) is 6. The Hall–Kier alpha value is -3.13. The predicted octanol–water partition coefficient (Wildman–Crippen LogP) is 7.49. The molecule has 1 heterocycles. The van der Waals surface area contributed by atoms with Crippen LogP contribution >= 0.6 is 0 Å². The average Bonchev–Trinajstić information content (AvgIpc) is 2.92. The van der Waals surface area contributed by atoms with Gasteiger partial charge in [0.05, 0.1) is 13.7 Å². The van der Waals surface area contributed by atoms with E-state index < -0.39 is 11.6 Å². The van der Waals surface area contributed by atoms with Crippen molar-refractivity contribution >= 4 is 24.2 Å². The summed E-state index contributed by atoms with van der Waals surface area (Å²) in [4.78, 5) is 25.4. The van der Waals surface area contributed by atoms with Crippen molar-refractivity contribution in [1.82, 2.24) is 4.98 Å². The first kappa shape index (κ1) is 33.9. The zero-order valence-corrected chi connectivity index (χ0v) is 23.7. The monoisotopic (exact) mass is 547 g/mol. The van der Waals surface area contributed by atoms with E-state index >= 15 is 0 Å². The van der Waals surface area contributed by atoms with Crippen molar-refractivity contribution in [2.24, 2.45) is 5.92 Å². The lowest BCUT2D eigenvalue weighted by Crippen LogP contribution is -2.01. The van der Waals surface area contributed by atoms with Gasteiger partial charge in [0.1, 0.15) is 17.9 Å². The Bertz CT molecular complexity index is 990. The van der Waals surface area contributed by atoms with Gasteiger partial charge in [0.15, 0.2) is 6.29 Å². The fourth-order valence-corrected chi connectivity index (χ4v) is 3.62. The SMILES string of the molecule is CC(C)C=O.COCCCCCCCCCCCOc1ccc(/C=C(\C=O)c2cc(F)cc(F)c2)c(OC)n1. The molecule has 8 heteroatoms. The summed E-state index contributed by atoms with van der Waals surface area (Å²) in [6.07, 6.45) is 13.6. The van der Waals surface area contributed by atoms with Crippen molar-refractivity contribution in [2.45, 2.75) is 71.6 Å². The molecule has 1 aromatic carbocycles. The number of carbonyl (C=O) groups excluding carboxylic acids is 2. The van der Waals surface area contributed by atoms with E-state index in [0.29, 0.717) is 24.3 Å². The van der Waals surface area contributed by atoms with Crippen molar-refractivity contribution in [1.29, 1.82) is 0 Å². The molecule has 0 spiro atoms. The summed E-state index contributed by atoms with van der Waals surface area (Å²) in [5.41, 5.74) is 0.756. The number of rotatable bonds is 18. The van der Waals surface area contributed by atoms with Gasteiger partial charge < -0.3 is 19.0 Å². The summed E-state index contributed by atoms with van der Waals surface area (Å²) in [6.45, 7) is 5.13. The van der Waals surface area contributed by atoms with Gasteiger partial charge in [0.25, 0.3) is 0 Å². The normalized spacial score (nSPS) is 11.1. The Labute approximate surface area is 231 Å². The van der Waals surface area contributed by atoms with Gasteiger partial charge in [0, 0.05) is 42.9 Å². The molecule has 0 N–H and O–H groups in total. The number of pyridine rings is 1. The molecule has 0 amide bonds. The number of aromatic nitrogens is 1. The van der Waals surface area contributed by atoms with Crippen LogP contribution in [-0.4, -0.2) is 45.0 Å². The molecule has 0 atom stereocenters. The lowest BCUT2D eigenvalue weighted by atomic mass is 10.0. The van der Waals surface area contributed by atoms with E-state index in [1.165, 1.54) is 51.7 Å². The van der Waals surface area contributed by atoms with Crippen LogP contribution in [0.2, 0.25) is 0 Å². The molecule has 0 radical (unpaired) electrons. The largest absolute Gasteiger partial charge is 0.480 e. The highest BCUT2D eigenvalue weighted by atomic mass is 19.1. The number of aldehydes is 2. The van der Waals surface area contributed by atoms with E-state index in [-0.39, 0.29) is 22.9 Å². The number of ether oxygens (including phenoxy) is 3. The predicted molar refractivity (Wildman–Crippen MR) is 151 cm³/mol. The Kier molecular flexibility index (Phi) is 18.1. The van der Waals surface area contributed by atoms with Crippen molar-refractivity contribution in [3.05, 3.63) is 53.1 Å². The van der Waals surface area contributed by atoms with Crippen LogP contribution in [0.25, 0.3) is 11.6 Å². The van der Waals surface area contributed by atoms with E-state index in [0.717, 1.165) is 50.4 Å². The van der Waals surface area contributed by atoms with Crippen LogP contribution in [0.15, 0.2) is 30.3 Å². The summed E-state index contributed by atoms with van der Waals surface area (Å²) in [6, 6.07) is 6.35. The second-order valence-corrected chi connectivity index (χ2v) is 9.53. The molecule has 0 fully saturated rings. The summed E-state index contributed by atoms with van der Waals surface area (Å²) in [7, 11) is 3.21. The molecule has 0 aliphatic heterocycles. The van der Waals surface area contributed by atoms with Crippen LogP contribution < -0.4 is 9.47 Å². The molecule has 2 rings (SSSR count). The smallest absolute Gasteiger partial charge is 0.223 e. The van der Waals surface area contributed by atoms with Crippen LogP contribution in [-0.2, 0) is 14.3 Å². The molecular weight excluding hydrogens is 504 g/mol. The van der Waals surface area contributed by atoms with Crippen LogP contribution in [0.1, 0.15) is 82.8 Å². The number of benzene rings is 1. The first-order valence-corrected chi connectivity index (χ1v) is 13.6. The summed E-state index contributed by atoms with van der Waals surface area (Å²) < 4.78 is 43.2. The molecule has 216 valence electrons. The van der Waals surface area contributed by atoms with Crippen LogP contribution in [0, 0.1) is 17.6 Å². The molecule has 6 nitrogen and oxygen atoms in total. The highest BCUT2D eigenvalue weighted by Gasteiger charge is 2.10. The van der Waals surface area contributed by atoms with Gasteiger partial charge in [-0.3, -0.25) is 4.79 Å². The maximum Gasteiger partial charge on any atom is 0.223 e. The van der Waals surface area contributed by atoms with Crippen molar-refractivity contribution in [2.75, 3.05) is 27.4 Å². The van der Waals surface area contributed by atoms with E-state index in [1.54, 1.807) is 19.2 Å². The summed E-state index contributed by atoms with van der Waals surface area (Å²) in [5, 5.41) is 0. The average molecular weight is 548 g/mol. The Balaban J connectivity index is 0.00000139. The molecule has 0 bridgehead atoms. The van der Waals surface area contributed by atoms with Crippen LogP contribution in [0.4, 0.5) is 8.78 Å². The molecular formula is C31H43F2NO5. The maximum atomic E-state index is 13.5. The minimum atomic E-state index is -0.755. The fraction of sp³-hybridized carbons (Fsp3) is 0.516. The van der Waals surface area contributed by atoms with Gasteiger partial charge in [-0.15, -0.1) is 0 Å². The molecule has 39 heavy (non-hydrogen) atoms. The van der Waals surface area contributed by atoms with E-state index in [1.807, 2.05) is 13.8 Å². The number of hydrogen-bond donors (Lipinski definition) is 0. The van der Waals surface area contributed by atoms with Crippen molar-refractivity contribution in [3.63, 3.8) is 0 Å². The Morgan fingerprint density at radius 3 is 1.87 bits per heavy atom. The van der Waals surface area contributed by atoms with Gasteiger partial charge in [0.2, 0.25) is 11.8 Å². The third kappa shape index (κ3) is 15.1. The Morgan fingerprint density at radius 1 is 0.846 bits per heavy atom. The lowest BCUT2D eigenvalue weighted by Gasteiger charge is -2.10. The number of methoxy groups -OCH3 is 2. The topological polar surface area (TPSA) is 74.7 Å². The number of unbranched alkanes of at least 4 members (excludes halogenated alkanes) is 8. The van der Waals surface area contributed by atoms with Crippen LogP contribution in [0.5, 0.6) is 11.8 Å². The van der Waals surface area contributed by atoms with E-state index in [9.17, 15) is 18.4 Å². The standard InChI is InChI=1S/C27H35F2NO4.C4H8O/c1-32-14-10-8-6-4-3-5-7-9-11-15-34-26-13-12-21(27(30-26)33-2)16-23(20-31)22-17-24(28)19-25(29)18-22;1-4(2)3-5/h12-13,16-20H,3-11,14-15H2,1-2H3;3-4H,1-2H3/b23-16+;. The third-order valence-electron chi connectivity index (χ3n) is 5.71. The molecule has 0 saturated carbocycles. The highest BCUT2D eigenvalue weighted by Crippen LogP contribution is 2.26. The minimum absolute atomic E-state index is 0.113. The van der Waals surface area contributed by atoms with E-state index in [4.69, 9.17) is 14.2 Å². The van der Waals surface area contributed by atoms with E-state index in [2.05, 4.69) is 4.98 Å². The second-order valence-electron chi connectivity index (χ2n) is 9.53. The molecule has 0 aliphatic carbocycles. The summed E-state index contributed by atoms with van der Waals surface area (Å²) in [5.74, 6) is -0.618. The third-order valence-corrected chi connectivity index (χ3v) is 5.71. The molecule has 1 aromatic heterocycles. The van der Waals surface area contributed by atoms with Gasteiger partial charge in [-0.05, 0) is 42.7 Å². The van der Waals surface area contributed by atoms with Gasteiger partial charge in [-0.25, -0.2) is 8.78 Å². The molecule has 0 aliphatic rings. The lowest BCUT2D eigenvalue weighted by molar-refractivity contribution is -0.110. The second kappa shape index (κ2) is 20.8. The first-order valence-electron chi connectivity index (χ1n) is 13.6. The van der Waals surface area contributed by atoms with Crippen molar-refractivity contribution in [3.8, 4) is 11.8 Å². The summed E-state index contributed by atoms with van der Waals surface area (Å²) >= 11 is 0. The number of halogens is 2. The minimum Gasteiger partial charge on any atom is -0.480 e. The highest BCUT2D eigenvalue weighted by molar-refractivity contribution is 6.13. The number of carbonyl (C=O) groups is 2. The number of allylic oxidation sites excluding steroid dienone is 1. The zero-order chi connectivity index (χ0) is 28.9. The number of nitrogens with zero attached hydrogens (tertiary/aromatic N) is 1. The molecule has 2 aromatic rings. The Morgan fingerprint density at radius 2 is 1.38 bits per heavy atom.